The second-order valence-electron chi connectivity index (χ2n) is 7.26. The molecule has 0 unspecified atom stereocenters. The molecule has 2 aliphatic heterocycles. The van der Waals surface area contributed by atoms with Crippen LogP contribution < -0.4 is 0 Å². The van der Waals surface area contributed by atoms with Crippen LogP contribution in [0.3, 0.4) is 0 Å². The second-order valence-corrected chi connectivity index (χ2v) is 9.17. The van der Waals surface area contributed by atoms with Gasteiger partial charge >= 0.3 is 0 Å². The summed E-state index contributed by atoms with van der Waals surface area (Å²) in [5.41, 5.74) is -1.60. The summed E-state index contributed by atoms with van der Waals surface area (Å²) in [6.07, 6.45) is 1.61. The molecule has 0 radical (unpaired) electrons. The summed E-state index contributed by atoms with van der Waals surface area (Å²) < 4.78 is 34.7. The summed E-state index contributed by atoms with van der Waals surface area (Å²) in [4.78, 5) is 0.224. The fourth-order valence-electron chi connectivity index (χ4n) is 3.82. The number of hydrogen-bond acceptors (Lipinski definition) is 6. The van der Waals surface area contributed by atoms with Crippen LogP contribution >= 0.6 is 0 Å². The lowest BCUT2D eigenvalue weighted by molar-refractivity contribution is -0.243. The van der Waals surface area contributed by atoms with Crippen molar-refractivity contribution >= 4 is 10.0 Å². The van der Waals surface area contributed by atoms with Gasteiger partial charge in [0.05, 0.1) is 23.5 Å². The molecule has 0 saturated carbocycles. The van der Waals surface area contributed by atoms with Gasteiger partial charge in [-0.15, -0.1) is 0 Å². The summed E-state index contributed by atoms with van der Waals surface area (Å²) in [6, 6.07) is 0. The van der Waals surface area contributed by atoms with Crippen molar-refractivity contribution in [1.82, 2.24) is 14.1 Å². The Morgan fingerprint density at radius 3 is 2.56 bits per heavy atom. The standard InChI is InChI=1S/C16H27N3O5S/c1-4-18-11-13(12(2)17-18)25(22,23)19-8-5-16(6-9-19)14(20)15(3,21)7-10-24-16/h11,14,20-21H,4-10H2,1-3H3/t14-,15+/m0/s1. The first-order chi connectivity index (χ1) is 11.6. The normalized spacial score (nSPS) is 30.7. The Hall–Kier alpha value is -1.00. The van der Waals surface area contributed by atoms with E-state index in [1.165, 1.54) is 4.31 Å². The third-order valence-corrected chi connectivity index (χ3v) is 7.50. The topological polar surface area (TPSA) is 105 Å². The smallest absolute Gasteiger partial charge is 0.246 e. The predicted octanol–water partition coefficient (Wildman–Crippen LogP) is 0.267. The van der Waals surface area contributed by atoms with Crippen LogP contribution in [0.4, 0.5) is 0 Å². The number of piperidine rings is 1. The Kier molecular flexibility index (Phi) is 4.74. The SMILES string of the molecule is CCn1cc(S(=O)(=O)N2CCC3(CC2)OCC[C@@](C)(O)[C@@H]3O)c(C)n1. The average Bonchev–Trinajstić information content (AvgIpc) is 2.95. The van der Waals surface area contributed by atoms with Gasteiger partial charge in [0.25, 0.3) is 0 Å². The van der Waals surface area contributed by atoms with Crippen molar-refractivity contribution in [3.8, 4) is 0 Å². The van der Waals surface area contributed by atoms with Crippen molar-refractivity contribution < 1.29 is 23.4 Å². The maximum Gasteiger partial charge on any atom is 0.246 e. The Labute approximate surface area is 148 Å². The van der Waals surface area contributed by atoms with E-state index in [0.29, 0.717) is 38.1 Å². The molecule has 2 aliphatic rings. The Bertz CT molecular complexity index is 735. The molecule has 142 valence electrons. The van der Waals surface area contributed by atoms with Crippen molar-refractivity contribution in [3.63, 3.8) is 0 Å². The van der Waals surface area contributed by atoms with Crippen molar-refractivity contribution in [2.75, 3.05) is 19.7 Å². The van der Waals surface area contributed by atoms with Gasteiger partial charge in [-0.3, -0.25) is 4.68 Å². The van der Waals surface area contributed by atoms with E-state index in [2.05, 4.69) is 5.10 Å². The second kappa shape index (κ2) is 6.31. The quantitative estimate of drug-likeness (QED) is 0.788. The number of hydrogen-bond donors (Lipinski definition) is 2. The highest BCUT2D eigenvalue weighted by Gasteiger charge is 2.53. The molecule has 3 heterocycles. The molecule has 0 bridgehead atoms. The fraction of sp³-hybridized carbons (Fsp3) is 0.812. The first kappa shape index (κ1) is 18.8. The predicted molar refractivity (Wildman–Crippen MR) is 90.6 cm³/mol. The lowest BCUT2D eigenvalue weighted by atomic mass is 9.75. The number of rotatable bonds is 3. The van der Waals surface area contributed by atoms with E-state index in [-0.39, 0.29) is 18.0 Å². The largest absolute Gasteiger partial charge is 0.387 e. The molecule has 0 aromatic carbocycles. The van der Waals surface area contributed by atoms with E-state index in [9.17, 15) is 18.6 Å². The molecule has 8 nitrogen and oxygen atoms in total. The van der Waals surface area contributed by atoms with Crippen molar-refractivity contribution in [2.24, 2.45) is 0 Å². The molecule has 0 amide bonds. The maximum absolute atomic E-state index is 12.9. The van der Waals surface area contributed by atoms with Crippen molar-refractivity contribution in [2.45, 2.75) is 68.8 Å². The number of aromatic nitrogens is 2. The zero-order chi connectivity index (χ0) is 18.5. The Balaban J connectivity index is 1.78. The van der Waals surface area contributed by atoms with E-state index in [4.69, 9.17) is 4.74 Å². The summed E-state index contributed by atoms with van der Waals surface area (Å²) in [5.74, 6) is 0. The van der Waals surface area contributed by atoms with Crippen LogP contribution in [-0.4, -0.2) is 69.7 Å². The summed E-state index contributed by atoms with van der Waals surface area (Å²) in [6.45, 7) is 6.65. The van der Waals surface area contributed by atoms with Crippen molar-refractivity contribution in [1.29, 1.82) is 0 Å². The van der Waals surface area contributed by atoms with Gasteiger partial charge in [0.1, 0.15) is 11.0 Å². The molecule has 2 atom stereocenters. The number of aliphatic hydroxyl groups is 2. The molecule has 1 aromatic heterocycles. The molecule has 25 heavy (non-hydrogen) atoms. The summed E-state index contributed by atoms with van der Waals surface area (Å²) in [5, 5.41) is 25.1. The highest BCUT2D eigenvalue weighted by Crippen LogP contribution is 2.40. The number of aliphatic hydroxyl groups excluding tert-OH is 1. The van der Waals surface area contributed by atoms with Gasteiger partial charge in [-0.05, 0) is 33.6 Å². The summed E-state index contributed by atoms with van der Waals surface area (Å²) >= 11 is 0. The molecule has 2 saturated heterocycles. The molecule has 1 aromatic rings. The van der Waals surface area contributed by atoms with Crippen LogP contribution in [0.1, 0.15) is 38.8 Å². The number of nitrogens with zero attached hydrogens (tertiary/aromatic N) is 3. The highest BCUT2D eigenvalue weighted by atomic mass is 32.2. The minimum Gasteiger partial charge on any atom is -0.387 e. The minimum atomic E-state index is -3.63. The number of ether oxygens (including phenoxy) is 1. The van der Waals surface area contributed by atoms with Gasteiger partial charge in [-0.1, -0.05) is 0 Å². The molecule has 2 fully saturated rings. The lowest BCUT2D eigenvalue weighted by Crippen LogP contribution is -2.64. The van der Waals surface area contributed by atoms with Crippen LogP contribution in [0.5, 0.6) is 0 Å². The molecular weight excluding hydrogens is 346 g/mol. The first-order valence-electron chi connectivity index (χ1n) is 8.71. The monoisotopic (exact) mass is 373 g/mol. The van der Waals surface area contributed by atoms with Crippen LogP contribution in [0, 0.1) is 6.92 Å². The lowest BCUT2D eigenvalue weighted by Gasteiger charge is -2.51. The van der Waals surface area contributed by atoms with Crippen LogP contribution in [0.15, 0.2) is 11.1 Å². The average molecular weight is 373 g/mol. The van der Waals surface area contributed by atoms with Crippen LogP contribution in [0.25, 0.3) is 0 Å². The fourth-order valence-corrected chi connectivity index (χ4v) is 5.43. The molecule has 0 aliphatic carbocycles. The van der Waals surface area contributed by atoms with E-state index in [1.54, 1.807) is 24.7 Å². The zero-order valence-corrected chi connectivity index (χ0v) is 15.8. The first-order valence-corrected chi connectivity index (χ1v) is 10.1. The molecular formula is C16H27N3O5S. The van der Waals surface area contributed by atoms with Gasteiger partial charge in [0, 0.05) is 32.3 Å². The minimum absolute atomic E-state index is 0.224. The van der Waals surface area contributed by atoms with Crippen LogP contribution in [0.2, 0.25) is 0 Å². The molecule has 1 spiro atoms. The van der Waals surface area contributed by atoms with E-state index in [0.717, 1.165) is 0 Å². The van der Waals surface area contributed by atoms with Crippen molar-refractivity contribution in [3.05, 3.63) is 11.9 Å². The Morgan fingerprint density at radius 2 is 2.00 bits per heavy atom. The number of aryl methyl sites for hydroxylation is 2. The van der Waals surface area contributed by atoms with E-state index < -0.39 is 27.3 Å². The maximum atomic E-state index is 12.9. The van der Waals surface area contributed by atoms with E-state index >= 15 is 0 Å². The molecule has 9 heteroatoms. The van der Waals surface area contributed by atoms with Gasteiger partial charge < -0.3 is 14.9 Å². The van der Waals surface area contributed by atoms with Gasteiger partial charge in [-0.2, -0.15) is 9.40 Å². The molecule has 3 rings (SSSR count). The van der Waals surface area contributed by atoms with E-state index in [1.807, 2.05) is 6.92 Å². The third-order valence-electron chi connectivity index (χ3n) is 5.50. The number of sulfonamides is 1. The van der Waals surface area contributed by atoms with Gasteiger partial charge in [-0.25, -0.2) is 8.42 Å². The Morgan fingerprint density at radius 1 is 1.36 bits per heavy atom. The van der Waals surface area contributed by atoms with Crippen LogP contribution in [-0.2, 0) is 21.3 Å². The van der Waals surface area contributed by atoms with Gasteiger partial charge in [0.15, 0.2) is 0 Å². The molecule has 2 N–H and O–H groups in total. The zero-order valence-electron chi connectivity index (χ0n) is 15.0. The van der Waals surface area contributed by atoms with Gasteiger partial charge in [0.2, 0.25) is 10.0 Å². The highest BCUT2D eigenvalue weighted by molar-refractivity contribution is 7.89. The summed E-state index contributed by atoms with van der Waals surface area (Å²) in [7, 11) is -3.63. The third kappa shape index (κ3) is 3.12.